The molecule has 10 rings (SSSR count). The number of rotatable bonds is 7. The first-order valence-electron chi connectivity index (χ1n) is 20.4. The number of hydrogen-bond acceptors (Lipinski definition) is 2. The molecule has 0 radical (unpaired) electrons. The quantitative estimate of drug-likeness (QED) is 0.161. The minimum atomic E-state index is -0.184. The van der Waals surface area contributed by atoms with Crippen molar-refractivity contribution in [2.24, 2.45) is 0 Å². The van der Waals surface area contributed by atoms with E-state index in [0.717, 1.165) is 16.9 Å². The van der Waals surface area contributed by atoms with Crippen LogP contribution in [0.1, 0.15) is 72.6 Å². The number of fused-ring (bicyclic) bond motifs is 5. The Hall–Kier alpha value is -6.77. The molecule has 280 valence electrons. The van der Waals surface area contributed by atoms with Crippen molar-refractivity contribution in [3.63, 3.8) is 0 Å². The van der Waals surface area contributed by atoms with Crippen molar-refractivity contribution in [1.82, 2.24) is 4.98 Å². The first-order chi connectivity index (χ1) is 28.3. The molecule has 2 nitrogen and oxygen atoms in total. The zero-order chi connectivity index (χ0) is 39.4. The third-order valence-corrected chi connectivity index (χ3v) is 12.7. The maximum absolute atomic E-state index is 4.57. The second-order valence-corrected chi connectivity index (χ2v) is 16.8. The van der Waals surface area contributed by atoms with Crippen molar-refractivity contribution in [3.8, 4) is 33.5 Å². The highest BCUT2D eigenvalue weighted by Crippen LogP contribution is 2.53. The average molecular weight is 747 g/mol. The van der Waals surface area contributed by atoms with Crippen LogP contribution in [0.2, 0.25) is 0 Å². The van der Waals surface area contributed by atoms with E-state index in [4.69, 9.17) is 0 Å². The van der Waals surface area contributed by atoms with Crippen molar-refractivity contribution in [2.75, 3.05) is 4.90 Å². The van der Waals surface area contributed by atoms with Crippen LogP contribution in [0.15, 0.2) is 194 Å². The topological polar surface area (TPSA) is 16.1 Å². The lowest BCUT2D eigenvalue weighted by Gasteiger charge is -2.42. The summed E-state index contributed by atoms with van der Waals surface area (Å²) in [4.78, 5) is 6.99. The molecule has 0 fully saturated rings. The standard InChI is InChI=1S/C56H46N2/c1-55(2)48-17-9-8-16-46(48)47-33-28-43(37-50(47)55)45(40-14-6-5-7-15-40)32-23-38-21-24-39(25-22-38)42-29-34-54-51(36-42)56(3,4)49-18-10-11-20-53(49)58(54)44-30-26-41(27-31-44)52-19-12-13-35-57-52/h5-37,45H,1-4H3/b32-23+. The molecule has 2 heteroatoms. The van der Waals surface area contributed by atoms with Gasteiger partial charge >= 0.3 is 0 Å². The van der Waals surface area contributed by atoms with Gasteiger partial charge in [-0.15, -0.1) is 0 Å². The van der Waals surface area contributed by atoms with E-state index in [1.54, 1.807) is 0 Å². The summed E-state index contributed by atoms with van der Waals surface area (Å²) in [6.45, 7) is 9.43. The van der Waals surface area contributed by atoms with E-state index < -0.39 is 0 Å². The van der Waals surface area contributed by atoms with Gasteiger partial charge in [-0.3, -0.25) is 4.98 Å². The van der Waals surface area contributed by atoms with Gasteiger partial charge in [-0.1, -0.05) is 179 Å². The van der Waals surface area contributed by atoms with Crippen LogP contribution in [-0.2, 0) is 10.8 Å². The van der Waals surface area contributed by atoms with Gasteiger partial charge in [0.1, 0.15) is 0 Å². The van der Waals surface area contributed by atoms with Gasteiger partial charge < -0.3 is 4.90 Å². The molecule has 0 saturated heterocycles. The van der Waals surface area contributed by atoms with Crippen LogP contribution in [0.4, 0.5) is 17.1 Å². The summed E-state index contributed by atoms with van der Waals surface area (Å²) >= 11 is 0. The molecule has 2 heterocycles. The highest BCUT2D eigenvalue weighted by molar-refractivity contribution is 5.88. The van der Waals surface area contributed by atoms with Gasteiger partial charge in [0.05, 0.1) is 17.1 Å². The largest absolute Gasteiger partial charge is 0.310 e. The number of anilines is 3. The van der Waals surface area contributed by atoms with Crippen LogP contribution in [0.3, 0.4) is 0 Å². The lowest BCUT2D eigenvalue weighted by atomic mass is 9.73. The Bertz CT molecular complexity index is 2810. The monoisotopic (exact) mass is 746 g/mol. The normalized spacial score (nSPS) is 15.0. The van der Waals surface area contributed by atoms with Gasteiger partial charge in [0.2, 0.25) is 0 Å². The highest BCUT2D eigenvalue weighted by Gasteiger charge is 2.38. The minimum Gasteiger partial charge on any atom is -0.310 e. The van der Waals surface area contributed by atoms with Gasteiger partial charge in [0.15, 0.2) is 0 Å². The van der Waals surface area contributed by atoms with E-state index in [2.05, 4.69) is 220 Å². The van der Waals surface area contributed by atoms with Crippen molar-refractivity contribution < 1.29 is 0 Å². The summed E-state index contributed by atoms with van der Waals surface area (Å²) in [7, 11) is 0. The predicted molar refractivity (Wildman–Crippen MR) is 243 cm³/mol. The summed E-state index contributed by atoms with van der Waals surface area (Å²) in [5, 5.41) is 0. The second kappa shape index (κ2) is 14.0. The molecule has 1 atom stereocenters. The van der Waals surface area contributed by atoms with Crippen LogP contribution in [-0.4, -0.2) is 4.98 Å². The molecule has 1 aliphatic carbocycles. The van der Waals surface area contributed by atoms with Crippen molar-refractivity contribution in [1.29, 1.82) is 0 Å². The smallest absolute Gasteiger partial charge is 0.0701 e. The van der Waals surface area contributed by atoms with Crippen LogP contribution in [0.5, 0.6) is 0 Å². The van der Waals surface area contributed by atoms with Gasteiger partial charge in [0.25, 0.3) is 0 Å². The summed E-state index contributed by atoms with van der Waals surface area (Å²) in [6, 6.07) is 66.6. The van der Waals surface area contributed by atoms with E-state index in [1.165, 1.54) is 72.6 Å². The van der Waals surface area contributed by atoms with E-state index in [-0.39, 0.29) is 16.7 Å². The summed E-state index contributed by atoms with van der Waals surface area (Å²) in [5.41, 5.74) is 19.8. The fourth-order valence-corrected chi connectivity index (χ4v) is 9.46. The molecule has 0 spiro atoms. The highest BCUT2D eigenvalue weighted by atomic mass is 15.2. The van der Waals surface area contributed by atoms with Gasteiger partial charge in [-0.05, 0) is 104 Å². The van der Waals surface area contributed by atoms with Crippen molar-refractivity contribution in [3.05, 3.63) is 233 Å². The van der Waals surface area contributed by atoms with Crippen molar-refractivity contribution >= 4 is 23.1 Å². The number of hydrogen-bond donors (Lipinski definition) is 0. The summed E-state index contributed by atoms with van der Waals surface area (Å²) < 4.78 is 0. The Morgan fingerprint density at radius 3 is 1.88 bits per heavy atom. The number of benzene rings is 7. The lowest BCUT2D eigenvalue weighted by Crippen LogP contribution is -2.30. The zero-order valence-corrected chi connectivity index (χ0v) is 33.5. The molecule has 0 N–H and O–H groups in total. The fourth-order valence-electron chi connectivity index (χ4n) is 9.46. The molecular formula is C56H46N2. The second-order valence-electron chi connectivity index (χ2n) is 16.8. The number of allylic oxidation sites excluding steroid dienone is 1. The molecular weight excluding hydrogens is 701 g/mol. The van der Waals surface area contributed by atoms with Gasteiger partial charge in [-0.25, -0.2) is 0 Å². The zero-order valence-electron chi connectivity index (χ0n) is 33.5. The molecule has 0 amide bonds. The van der Waals surface area contributed by atoms with Crippen LogP contribution >= 0.6 is 0 Å². The third-order valence-electron chi connectivity index (χ3n) is 12.7. The van der Waals surface area contributed by atoms with Crippen LogP contribution < -0.4 is 4.90 Å². The van der Waals surface area contributed by atoms with Crippen LogP contribution in [0.25, 0.3) is 39.6 Å². The number of para-hydroxylation sites is 1. The maximum atomic E-state index is 4.57. The molecule has 2 aliphatic rings. The molecule has 58 heavy (non-hydrogen) atoms. The molecule has 1 aromatic heterocycles. The van der Waals surface area contributed by atoms with Crippen molar-refractivity contribution in [2.45, 2.75) is 44.4 Å². The maximum Gasteiger partial charge on any atom is 0.0701 e. The summed E-state index contributed by atoms with van der Waals surface area (Å²) in [6.07, 6.45) is 6.51. The SMILES string of the molecule is CC1(C)c2ccccc2-c2ccc(C(/C=C/c3ccc(-c4ccc5c(c4)C(C)(C)c4ccccc4N5c4ccc(-c5ccccn5)cc4)cc3)c3ccccc3)cc21. The molecule has 0 bridgehead atoms. The number of aromatic nitrogens is 1. The lowest BCUT2D eigenvalue weighted by molar-refractivity contribution is 0.632. The van der Waals surface area contributed by atoms with Gasteiger partial charge in [0, 0.05) is 34.2 Å². The summed E-state index contributed by atoms with van der Waals surface area (Å²) in [5.74, 6) is 0.130. The molecule has 1 aliphatic heterocycles. The Labute approximate surface area is 342 Å². The average Bonchev–Trinajstić information content (AvgIpc) is 3.50. The Balaban J connectivity index is 0.965. The number of pyridine rings is 1. The Kier molecular flexibility index (Phi) is 8.60. The third kappa shape index (κ3) is 5.99. The Morgan fingerprint density at radius 2 is 1.10 bits per heavy atom. The molecule has 1 unspecified atom stereocenters. The van der Waals surface area contributed by atoms with E-state index in [0.29, 0.717) is 0 Å². The molecule has 8 aromatic rings. The van der Waals surface area contributed by atoms with E-state index in [1.807, 2.05) is 18.3 Å². The van der Waals surface area contributed by atoms with E-state index >= 15 is 0 Å². The first-order valence-corrected chi connectivity index (χ1v) is 20.4. The minimum absolute atomic E-state index is 0.0393. The first kappa shape index (κ1) is 35.6. The Morgan fingerprint density at radius 1 is 0.466 bits per heavy atom. The van der Waals surface area contributed by atoms with E-state index in [9.17, 15) is 0 Å². The molecule has 7 aromatic carbocycles. The van der Waals surface area contributed by atoms with Gasteiger partial charge in [-0.2, -0.15) is 0 Å². The van der Waals surface area contributed by atoms with Crippen LogP contribution in [0, 0.1) is 0 Å². The molecule has 0 saturated carbocycles. The predicted octanol–water partition coefficient (Wildman–Crippen LogP) is 14.7. The fraction of sp³-hybridized carbons (Fsp3) is 0.125. The number of nitrogens with zero attached hydrogens (tertiary/aromatic N) is 2.